The number of carbonyl (C=O) groups is 4. The van der Waals surface area contributed by atoms with Crippen LogP contribution in [0.2, 0.25) is 0 Å². The number of nitrogens with one attached hydrogen (secondary N) is 2. The van der Waals surface area contributed by atoms with E-state index in [1.54, 1.807) is 0 Å². The zero-order chi connectivity index (χ0) is 15.4. The van der Waals surface area contributed by atoms with Crippen LogP contribution in [0.25, 0.3) is 0 Å². The van der Waals surface area contributed by atoms with Crippen molar-refractivity contribution in [3.8, 4) is 0 Å². The molecule has 0 unspecified atom stereocenters. The van der Waals surface area contributed by atoms with Crippen molar-refractivity contribution >= 4 is 23.8 Å². The summed E-state index contributed by atoms with van der Waals surface area (Å²) in [7, 11) is 2.58. The lowest BCUT2D eigenvalue weighted by atomic mass is 9.97. The van der Waals surface area contributed by atoms with Crippen molar-refractivity contribution < 1.29 is 29.4 Å². The maximum atomic E-state index is 11.6. The van der Waals surface area contributed by atoms with Crippen LogP contribution in [0.3, 0.4) is 0 Å². The second kappa shape index (κ2) is 5.83. The molecule has 106 valence electrons. The Kier molecular flexibility index (Phi) is 4.42. The second-order valence-corrected chi connectivity index (χ2v) is 3.71. The summed E-state index contributed by atoms with van der Waals surface area (Å²) in [5, 5.41) is 22.5. The Hall–Kier alpha value is -2.90. The van der Waals surface area contributed by atoms with Gasteiger partial charge in [0.15, 0.2) is 0 Å². The average Bonchev–Trinajstić information content (AvgIpc) is 2.43. The molecule has 1 rings (SSSR count). The molecule has 4 N–H and O–H groups in total. The molecule has 0 heterocycles. The van der Waals surface area contributed by atoms with Gasteiger partial charge in [0.2, 0.25) is 0 Å². The van der Waals surface area contributed by atoms with Gasteiger partial charge in [-0.1, -0.05) is 0 Å². The first-order valence-electron chi connectivity index (χ1n) is 5.42. The minimum absolute atomic E-state index is 0.288. The summed E-state index contributed by atoms with van der Waals surface area (Å²) in [6.07, 6.45) is 0. The molecule has 0 saturated carbocycles. The lowest BCUT2D eigenvalue weighted by Crippen LogP contribution is -2.26. The number of aromatic carboxylic acids is 2. The molecule has 0 bridgehead atoms. The van der Waals surface area contributed by atoms with Gasteiger partial charge in [-0.15, -0.1) is 0 Å². The molecule has 1 aromatic rings. The highest BCUT2D eigenvalue weighted by molar-refractivity contribution is 6.11. The minimum Gasteiger partial charge on any atom is -0.478 e. The molecule has 20 heavy (non-hydrogen) atoms. The number of amides is 2. The zero-order valence-electron chi connectivity index (χ0n) is 10.7. The first kappa shape index (κ1) is 15.2. The summed E-state index contributed by atoms with van der Waals surface area (Å²) in [6, 6.07) is 1.74. The molecule has 0 atom stereocenters. The van der Waals surface area contributed by atoms with Crippen molar-refractivity contribution in [1.82, 2.24) is 10.6 Å². The number of carboxylic acid groups (broad SMARTS) is 2. The van der Waals surface area contributed by atoms with Crippen LogP contribution in [0.4, 0.5) is 0 Å². The molecule has 0 fully saturated rings. The molecule has 8 heteroatoms. The SMILES string of the molecule is CNC(=O)c1cc(C(=O)NC)c(C(=O)O)cc1C(=O)O. The monoisotopic (exact) mass is 280 g/mol. The number of rotatable bonds is 4. The minimum atomic E-state index is -1.46. The predicted molar refractivity (Wildman–Crippen MR) is 67.1 cm³/mol. The standard InChI is InChI=1S/C12H12N2O6/c1-13-9(15)5-3-6(10(16)14-2)8(12(19)20)4-7(5)11(17)18/h3-4H,1-2H3,(H,13,15)(H,14,16)(H,17,18)(H,19,20). The second-order valence-electron chi connectivity index (χ2n) is 3.71. The maximum Gasteiger partial charge on any atom is 0.336 e. The third-order valence-electron chi connectivity index (χ3n) is 2.56. The highest BCUT2D eigenvalue weighted by Crippen LogP contribution is 2.18. The number of hydrogen-bond acceptors (Lipinski definition) is 4. The van der Waals surface area contributed by atoms with Crippen LogP contribution in [0.5, 0.6) is 0 Å². The van der Waals surface area contributed by atoms with Gasteiger partial charge in [0.25, 0.3) is 11.8 Å². The fourth-order valence-corrected chi connectivity index (χ4v) is 1.60. The van der Waals surface area contributed by atoms with Gasteiger partial charge in [0, 0.05) is 14.1 Å². The van der Waals surface area contributed by atoms with E-state index in [0.29, 0.717) is 0 Å². The molecule has 2 amide bonds. The van der Waals surface area contributed by atoms with Gasteiger partial charge in [0.1, 0.15) is 0 Å². The van der Waals surface area contributed by atoms with Gasteiger partial charge in [-0.05, 0) is 12.1 Å². The Morgan fingerprint density at radius 2 is 1.05 bits per heavy atom. The summed E-state index contributed by atoms with van der Waals surface area (Å²) < 4.78 is 0. The fourth-order valence-electron chi connectivity index (χ4n) is 1.60. The van der Waals surface area contributed by atoms with Crippen molar-refractivity contribution in [2.24, 2.45) is 0 Å². The topological polar surface area (TPSA) is 133 Å². The van der Waals surface area contributed by atoms with Crippen LogP contribution < -0.4 is 10.6 Å². The Labute approximate surface area is 113 Å². The van der Waals surface area contributed by atoms with E-state index in [-0.39, 0.29) is 11.1 Å². The third-order valence-corrected chi connectivity index (χ3v) is 2.56. The summed E-state index contributed by atoms with van der Waals surface area (Å²) in [5.74, 6) is -4.39. The Morgan fingerprint density at radius 1 is 0.750 bits per heavy atom. The van der Waals surface area contributed by atoms with Crippen LogP contribution in [-0.4, -0.2) is 48.1 Å². The summed E-state index contributed by atoms with van der Waals surface area (Å²) in [5.41, 5.74) is -1.56. The zero-order valence-corrected chi connectivity index (χ0v) is 10.7. The molecule has 0 aromatic heterocycles. The lowest BCUT2D eigenvalue weighted by molar-refractivity contribution is 0.0688. The quantitative estimate of drug-likeness (QED) is 0.603. The first-order valence-corrected chi connectivity index (χ1v) is 5.42. The first-order chi connectivity index (χ1) is 9.33. The van der Waals surface area contributed by atoms with E-state index in [2.05, 4.69) is 10.6 Å². The number of hydrogen-bond donors (Lipinski definition) is 4. The molecule has 8 nitrogen and oxygen atoms in total. The van der Waals surface area contributed by atoms with E-state index in [1.165, 1.54) is 14.1 Å². The molecule has 0 radical (unpaired) electrons. The highest BCUT2D eigenvalue weighted by Gasteiger charge is 2.24. The number of benzene rings is 1. The highest BCUT2D eigenvalue weighted by atomic mass is 16.4. The molecular weight excluding hydrogens is 268 g/mol. The van der Waals surface area contributed by atoms with Crippen molar-refractivity contribution in [2.75, 3.05) is 14.1 Å². The summed E-state index contributed by atoms with van der Waals surface area (Å²) in [4.78, 5) is 45.4. The number of carbonyl (C=O) groups excluding carboxylic acids is 2. The molecular formula is C12H12N2O6. The fraction of sp³-hybridized carbons (Fsp3) is 0.167. The van der Waals surface area contributed by atoms with Crippen molar-refractivity contribution in [1.29, 1.82) is 0 Å². The van der Waals surface area contributed by atoms with Gasteiger partial charge in [-0.25, -0.2) is 9.59 Å². The van der Waals surface area contributed by atoms with Crippen molar-refractivity contribution in [3.05, 3.63) is 34.4 Å². The van der Waals surface area contributed by atoms with Crippen LogP contribution in [0, 0.1) is 0 Å². The molecule has 0 saturated heterocycles. The van der Waals surface area contributed by atoms with E-state index >= 15 is 0 Å². The third kappa shape index (κ3) is 2.74. The van der Waals surface area contributed by atoms with Crippen molar-refractivity contribution in [3.63, 3.8) is 0 Å². The van der Waals surface area contributed by atoms with E-state index in [9.17, 15) is 19.2 Å². The van der Waals surface area contributed by atoms with Crippen LogP contribution in [0.15, 0.2) is 12.1 Å². The molecule has 0 aliphatic heterocycles. The van der Waals surface area contributed by atoms with Crippen LogP contribution in [-0.2, 0) is 0 Å². The molecule has 0 aliphatic carbocycles. The van der Waals surface area contributed by atoms with E-state index < -0.39 is 34.9 Å². The van der Waals surface area contributed by atoms with Crippen LogP contribution >= 0.6 is 0 Å². The van der Waals surface area contributed by atoms with Crippen LogP contribution in [0.1, 0.15) is 41.4 Å². The maximum absolute atomic E-state index is 11.6. The molecule has 0 aliphatic rings. The largest absolute Gasteiger partial charge is 0.478 e. The van der Waals surface area contributed by atoms with E-state index in [1.807, 2.05) is 0 Å². The molecule has 1 aromatic carbocycles. The lowest BCUT2D eigenvalue weighted by Gasteiger charge is -2.10. The summed E-state index contributed by atoms with van der Waals surface area (Å²) >= 11 is 0. The number of carboxylic acids is 2. The normalized spacial score (nSPS) is 9.70. The Morgan fingerprint density at radius 3 is 1.30 bits per heavy atom. The Balaban J connectivity index is 3.68. The van der Waals surface area contributed by atoms with Crippen molar-refractivity contribution in [2.45, 2.75) is 0 Å². The predicted octanol–water partition coefficient (Wildman–Crippen LogP) is -0.198. The van der Waals surface area contributed by atoms with Gasteiger partial charge in [-0.3, -0.25) is 9.59 Å². The smallest absolute Gasteiger partial charge is 0.336 e. The Bertz CT molecular complexity index is 559. The summed E-state index contributed by atoms with van der Waals surface area (Å²) in [6.45, 7) is 0. The van der Waals surface area contributed by atoms with Gasteiger partial charge in [-0.2, -0.15) is 0 Å². The van der Waals surface area contributed by atoms with Gasteiger partial charge >= 0.3 is 11.9 Å². The van der Waals surface area contributed by atoms with Gasteiger partial charge < -0.3 is 20.8 Å². The molecule has 0 spiro atoms. The van der Waals surface area contributed by atoms with E-state index in [0.717, 1.165) is 12.1 Å². The average molecular weight is 280 g/mol. The van der Waals surface area contributed by atoms with Gasteiger partial charge in [0.05, 0.1) is 22.3 Å². The van der Waals surface area contributed by atoms with E-state index in [4.69, 9.17) is 10.2 Å².